The van der Waals surface area contributed by atoms with E-state index in [1.165, 1.54) is 17.4 Å². The van der Waals surface area contributed by atoms with E-state index in [1.807, 2.05) is 48.0 Å². The zero-order valence-electron chi connectivity index (χ0n) is 11.9. The van der Waals surface area contributed by atoms with E-state index in [0.717, 1.165) is 20.6 Å². The summed E-state index contributed by atoms with van der Waals surface area (Å²) in [5, 5.41) is 4.17. The van der Waals surface area contributed by atoms with Crippen LogP contribution in [-0.4, -0.2) is 15.5 Å². The third-order valence-electron chi connectivity index (χ3n) is 3.09. The molecule has 2 heterocycles. The first-order chi connectivity index (χ1) is 10.7. The van der Waals surface area contributed by atoms with Gasteiger partial charge in [0.25, 0.3) is 5.91 Å². The number of pyridine rings is 1. The number of fused-ring (bicyclic) bond motifs is 1. The number of carbonyl (C=O) groups is 1. The van der Waals surface area contributed by atoms with E-state index >= 15 is 0 Å². The number of thiazole rings is 1. The molecule has 5 nitrogen and oxygen atoms in total. The molecule has 0 aliphatic heterocycles. The highest BCUT2D eigenvalue weighted by Crippen LogP contribution is 2.14. The molecule has 0 unspecified atom stereocenters. The lowest BCUT2D eigenvalue weighted by atomic mass is 10.2. The van der Waals surface area contributed by atoms with Crippen molar-refractivity contribution in [2.24, 2.45) is 12.1 Å². The van der Waals surface area contributed by atoms with Crippen LogP contribution in [0.4, 0.5) is 0 Å². The highest BCUT2D eigenvalue weighted by atomic mass is 32.1. The van der Waals surface area contributed by atoms with E-state index in [4.69, 9.17) is 0 Å². The van der Waals surface area contributed by atoms with Gasteiger partial charge in [0.15, 0.2) is 0 Å². The normalized spacial score (nSPS) is 12.1. The molecule has 0 aliphatic rings. The third kappa shape index (κ3) is 3.12. The Morgan fingerprint density at radius 1 is 1.32 bits per heavy atom. The van der Waals surface area contributed by atoms with Gasteiger partial charge in [-0.05, 0) is 29.8 Å². The van der Waals surface area contributed by atoms with Gasteiger partial charge in [-0.25, -0.2) is 5.43 Å². The number of nitrogens with zero attached hydrogens (tertiary/aromatic N) is 3. The minimum Gasteiger partial charge on any atom is -0.318 e. The summed E-state index contributed by atoms with van der Waals surface area (Å²) in [6.07, 6.45) is 6.51. The Morgan fingerprint density at radius 3 is 2.95 bits per heavy atom. The van der Waals surface area contributed by atoms with Crippen LogP contribution < -0.4 is 10.2 Å². The van der Waals surface area contributed by atoms with Crippen LogP contribution >= 0.6 is 11.3 Å². The first-order valence-corrected chi connectivity index (χ1v) is 7.52. The molecule has 0 radical (unpaired) electrons. The highest BCUT2D eigenvalue weighted by molar-refractivity contribution is 7.16. The number of aryl methyl sites for hydroxylation is 1. The monoisotopic (exact) mass is 310 g/mol. The number of amides is 1. The number of nitrogens with one attached hydrogen (secondary N) is 1. The van der Waals surface area contributed by atoms with Crippen LogP contribution in [0.3, 0.4) is 0 Å². The lowest BCUT2D eigenvalue weighted by Crippen LogP contribution is -2.21. The number of para-hydroxylation sites is 1. The van der Waals surface area contributed by atoms with Crippen LogP contribution in [0.2, 0.25) is 0 Å². The largest absolute Gasteiger partial charge is 0.318 e. The predicted octanol–water partition coefficient (Wildman–Crippen LogP) is 2.28. The van der Waals surface area contributed by atoms with Crippen LogP contribution in [0.1, 0.15) is 5.56 Å². The van der Waals surface area contributed by atoms with E-state index in [0.29, 0.717) is 0 Å². The van der Waals surface area contributed by atoms with Crippen molar-refractivity contribution in [2.75, 3.05) is 0 Å². The van der Waals surface area contributed by atoms with Gasteiger partial charge >= 0.3 is 0 Å². The summed E-state index contributed by atoms with van der Waals surface area (Å²) in [4.78, 5) is 16.5. The Kier molecular flexibility index (Phi) is 4.11. The summed E-state index contributed by atoms with van der Waals surface area (Å²) in [7, 11) is 1.93. The Bertz CT molecular complexity index is 893. The average Bonchev–Trinajstić information content (AvgIpc) is 2.88. The predicted molar refractivity (Wildman–Crippen MR) is 87.8 cm³/mol. The van der Waals surface area contributed by atoms with E-state index < -0.39 is 0 Å². The van der Waals surface area contributed by atoms with E-state index in [1.54, 1.807) is 18.5 Å². The van der Waals surface area contributed by atoms with Crippen molar-refractivity contribution >= 4 is 33.5 Å². The number of rotatable bonds is 3. The fraction of sp³-hybridized carbons (Fsp3) is 0.0625. The number of carbonyl (C=O) groups excluding carboxylic acids is 1. The first-order valence-electron chi connectivity index (χ1n) is 6.70. The van der Waals surface area contributed by atoms with Gasteiger partial charge in [0.05, 0.1) is 10.2 Å². The fourth-order valence-electron chi connectivity index (χ4n) is 1.97. The van der Waals surface area contributed by atoms with Crippen LogP contribution in [0.5, 0.6) is 0 Å². The van der Waals surface area contributed by atoms with Crippen LogP contribution in [0.15, 0.2) is 60.0 Å². The summed E-state index contributed by atoms with van der Waals surface area (Å²) in [5.41, 5.74) is 4.49. The molecule has 1 N–H and O–H groups in total. The minimum atomic E-state index is -0.277. The molecule has 3 rings (SSSR count). The number of hydrogen-bond acceptors (Lipinski definition) is 4. The van der Waals surface area contributed by atoms with Crippen molar-refractivity contribution in [2.45, 2.75) is 0 Å². The molecule has 2 aromatic heterocycles. The zero-order chi connectivity index (χ0) is 15.4. The molecular weight excluding hydrogens is 296 g/mol. The van der Waals surface area contributed by atoms with Crippen molar-refractivity contribution in [3.8, 4) is 0 Å². The lowest BCUT2D eigenvalue weighted by molar-refractivity contribution is -0.116. The standard InChI is InChI=1S/C16H14N4OS/c1-20-13-6-2-3-7-14(13)22-16(20)19-18-15(21)9-8-12-5-4-10-17-11-12/h2-11H,1H3,(H,18,21). The molecule has 1 aromatic carbocycles. The lowest BCUT2D eigenvalue weighted by Gasteiger charge is -1.95. The Morgan fingerprint density at radius 2 is 2.18 bits per heavy atom. The number of aromatic nitrogens is 2. The van der Waals surface area contributed by atoms with Crippen molar-refractivity contribution in [3.63, 3.8) is 0 Å². The summed E-state index contributed by atoms with van der Waals surface area (Å²) >= 11 is 1.53. The number of benzene rings is 1. The van der Waals surface area contributed by atoms with Crippen molar-refractivity contribution in [1.29, 1.82) is 0 Å². The molecule has 0 atom stereocenters. The topological polar surface area (TPSA) is 59.3 Å². The molecule has 0 aliphatic carbocycles. The summed E-state index contributed by atoms with van der Waals surface area (Å²) in [6, 6.07) is 11.7. The zero-order valence-corrected chi connectivity index (χ0v) is 12.7. The van der Waals surface area contributed by atoms with E-state index in [2.05, 4.69) is 15.5 Å². The smallest absolute Gasteiger partial charge is 0.264 e. The van der Waals surface area contributed by atoms with Crippen LogP contribution in [-0.2, 0) is 11.8 Å². The second-order valence-corrected chi connectivity index (χ2v) is 5.63. The Labute approximate surface area is 131 Å². The van der Waals surface area contributed by atoms with Crippen molar-refractivity contribution in [3.05, 3.63) is 65.2 Å². The number of hydrogen-bond donors (Lipinski definition) is 1. The Balaban J connectivity index is 1.76. The van der Waals surface area contributed by atoms with Gasteiger partial charge < -0.3 is 4.57 Å². The molecule has 22 heavy (non-hydrogen) atoms. The SMILES string of the molecule is Cn1c(=NNC(=O)C=Cc2cccnc2)sc2ccccc21. The molecule has 6 heteroatoms. The van der Waals surface area contributed by atoms with Crippen molar-refractivity contribution < 1.29 is 4.79 Å². The van der Waals surface area contributed by atoms with Gasteiger partial charge in [-0.1, -0.05) is 29.5 Å². The maximum atomic E-state index is 11.8. The quantitative estimate of drug-likeness (QED) is 0.596. The maximum Gasteiger partial charge on any atom is 0.264 e. The first kappa shape index (κ1) is 14.2. The Hall–Kier alpha value is -2.73. The minimum absolute atomic E-state index is 0.277. The van der Waals surface area contributed by atoms with Gasteiger partial charge in [0.2, 0.25) is 4.80 Å². The third-order valence-corrected chi connectivity index (χ3v) is 4.20. The molecule has 0 fully saturated rings. The second-order valence-electron chi connectivity index (χ2n) is 4.62. The maximum absolute atomic E-state index is 11.8. The molecule has 110 valence electrons. The van der Waals surface area contributed by atoms with Gasteiger partial charge in [-0.2, -0.15) is 0 Å². The fourth-order valence-corrected chi connectivity index (χ4v) is 2.95. The molecule has 0 spiro atoms. The second kappa shape index (κ2) is 6.36. The van der Waals surface area contributed by atoms with Gasteiger partial charge in [0.1, 0.15) is 0 Å². The molecule has 3 aromatic rings. The summed E-state index contributed by atoms with van der Waals surface area (Å²) in [6.45, 7) is 0. The van der Waals surface area contributed by atoms with E-state index in [-0.39, 0.29) is 5.91 Å². The molecule has 0 bridgehead atoms. The average molecular weight is 310 g/mol. The van der Waals surface area contributed by atoms with Gasteiger partial charge in [0, 0.05) is 25.5 Å². The van der Waals surface area contributed by atoms with Crippen LogP contribution in [0, 0.1) is 0 Å². The van der Waals surface area contributed by atoms with E-state index in [9.17, 15) is 4.79 Å². The van der Waals surface area contributed by atoms with Gasteiger partial charge in [-0.3, -0.25) is 9.78 Å². The van der Waals surface area contributed by atoms with Gasteiger partial charge in [-0.15, -0.1) is 5.10 Å². The molecular formula is C16H14N4OS. The summed E-state index contributed by atoms with van der Waals surface area (Å²) in [5.74, 6) is -0.277. The summed E-state index contributed by atoms with van der Waals surface area (Å²) < 4.78 is 3.08. The van der Waals surface area contributed by atoms with Crippen molar-refractivity contribution in [1.82, 2.24) is 15.0 Å². The van der Waals surface area contributed by atoms with Crippen LogP contribution in [0.25, 0.3) is 16.3 Å². The molecule has 0 saturated carbocycles. The highest BCUT2D eigenvalue weighted by Gasteiger charge is 2.01. The molecule has 1 amide bonds. The molecule has 0 saturated heterocycles.